The molecule has 0 spiro atoms. The maximum Gasteiger partial charge on any atom is 0.255 e. The summed E-state index contributed by atoms with van der Waals surface area (Å²) in [6.07, 6.45) is 3.69. The van der Waals surface area contributed by atoms with Crippen molar-refractivity contribution >= 4 is 11.8 Å². The van der Waals surface area contributed by atoms with E-state index in [0.717, 1.165) is 11.1 Å². The molecule has 3 aromatic rings. The quantitative estimate of drug-likeness (QED) is 0.707. The molecule has 1 aliphatic heterocycles. The van der Waals surface area contributed by atoms with Crippen LogP contribution in [0.15, 0.2) is 73.1 Å². The van der Waals surface area contributed by atoms with E-state index in [1.807, 2.05) is 82.3 Å². The standard InChI is InChI=1S/C23H23N3O2/c1-24-12-11-21(17-24)23(28)26-15-13-25(14-16-26)22(27)20-9-7-19(8-10-20)18-5-3-2-4-6-18/h2-12,17H,13-16H2,1H3. The highest BCUT2D eigenvalue weighted by atomic mass is 16.2. The first-order valence-electron chi connectivity index (χ1n) is 9.48. The largest absolute Gasteiger partial charge is 0.356 e. The third-order valence-corrected chi connectivity index (χ3v) is 5.17. The molecule has 0 N–H and O–H groups in total. The van der Waals surface area contributed by atoms with Gasteiger partial charge in [0, 0.05) is 51.2 Å². The fourth-order valence-corrected chi connectivity index (χ4v) is 3.54. The molecule has 0 bridgehead atoms. The van der Waals surface area contributed by atoms with Crippen molar-refractivity contribution in [1.29, 1.82) is 0 Å². The highest BCUT2D eigenvalue weighted by molar-refractivity contribution is 5.96. The lowest BCUT2D eigenvalue weighted by molar-refractivity contribution is 0.0535. The highest BCUT2D eigenvalue weighted by Gasteiger charge is 2.25. The number of piperazine rings is 1. The fourth-order valence-electron chi connectivity index (χ4n) is 3.54. The van der Waals surface area contributed by atoms with Crippen molar-refractivity contribution < 1.29 is 9.59 Å². The third-order valence-electron chi connectivity index (χ3n) is 5.17. The Kier molecular flexibility index (Phi) is 4.98. The molecule has 1 saturated heterocycles. The number of aryl methyl sites for hydroxylation is 1. The predicted octanol–water partition coefficient (Wildman–Crippen LogP) is 3.29. The van der Waals surface area contributed by atoms with Crippen LogP contribution in [0.1, 0.15) is 20.7 Å². The summed E-state index contributed by atoms with van der Waals surface area (Å²) >= 11 is 0. The SMILES string of the molecule is Cn1ccc(C(=O)N2CCN(C(=O)c3ccc(-c4ccccc4)cc3)CC2)c1. The molecule has 0 unspecified atom stereocenters. The van der Waals surface area contributed by atoms with Gasteiger partial charge in [0.05, 0.1) is 5.56 Å². The van der Waals surface area contributed by atoms with Crippen molar-refractivity contribution in [3.63, 3.8) is 0 Å². The van der Waals surface area contributed by atoms with Gasteiger partial charge in [-0.2, -0.15) is 0 Å². The molecule has 0 aliphatic carbocycles. The lowest BCUT2D eigenvalue weighted by Crippen LogP contribution is -2.50. The number of carbonyl (C=O) groups excluding carboxylic acids is 2. The van der Waals surface area contributed by atoms with E-state index in [2.05, 4.69) is 12.1 Å². The van der Waals surface area contributed by atoms with Crippen LogP contribution in [0.3, 0.4) is 0 Å². The minimum atomic E-state index is 0.0198. The number of benzene rings is 2. The summed E-state index contributed by atoms with van der Waals surface area (Å²) in [7, 11) is 1.90. The molecule has 1 aliphatic rings. The molecule has 4 rings (SSSR count). The number of aromatic nitrogens is 1. The lowest BCUT2D eigenvalue weighted by atomic mass is 10.0. The zero-order valence-corrected chi connectivity index (χ0v) is 15.9. The van der Waals surface area contributed by atoms with Gasteiger partial charge in [-0.05, 0) is 29.3 Å². The fraction of sp³-hybridized carbons (Fsp3) is 0.217. The molecule has 0 saturated carbocycles. The lowest BCUT2D eigenvalue weighted by Gasteiger charge is -2.34. The molecule has 0 atom stereocenters. The maximum atomic E-state index is 12.8. The van der Waals surface area contributed by atoms with Crippen molar-refractivity contribution in [1.82, 2.24) is 14.4 Å². The molecule has 2 aromatic carbocycles. The average molecular weight is 373 g/mol. The zero-order valence-electron chi connectivity index (χ0n) is 15.9. The van der Waals surface area contributed by atoms with Crippen LogP contribution in [0.5, 0.6) is 0 Å². The number of hydrogen-bond acceptors (Lipinski definition) is 2. The van der Waals surface area contributed by atoms with Crippen LogP contribution >= 0.6 is 0 Å². The van der Waals surface area contributed by atoms with Crippen molar-refractivity contribution in [3.8, 4) is 11.1 Å². The van der Waals surface area contributed by atoms with Gasteiger partial charge < -0.3 is 14.4 Å². The first-order valence-corrected chi connectivity index (χ1v) is 9.48. The van der Waals surface area contributed by atoms with Crippen molar-refractivity contribution in [2.24, 2.45) is 7.05 Å². The van der Waals surface area contributed by atoms with Gasteiger partial charge >= 0.3 is 0 Å². The first-order chi connectivity index (χ1) is 13.6. The second-order valence-electron chi connectivity index (χ2n) is 7.09. The van der Waals surface area contributed by atoms with Crippen LogP contribution in [-0.2, 0) is 7.05 Å². The Labute approximate surface area is 164 Å². The summed E-state index contributed by atoms with van der Waals surface area (Å²) in [5.41, 5.74) is 3.60. The minimum absolute atomic E-state index is 0.0198. The molecular weight excluding hydrogens is 350 g/mol. The Bertz CT molecular complexity index is 969. The number of carbonyl (C=O) groups is 2. The smallest absolute Gasteiger partial charge is 0.255 e. The molecule has 1 fully saturated rings. The van der Waals surface area contributed by atoms with E-state index in [0.29, 0.717) is 37.3 Å². The Morgan fingerprint density at radius 3 is 1.75 bits per heavy atom. The van der Waals surface area contributed by atoms with Crippen LogP contribution in [-0.4, -0.2) is 52.4 Å². The monoisotopic (exact) mass is 373 g/mol. The van der Waals surface area contributed by atoms with Crippen LogP contribution in [0.4, 0.5) is 0 Å². The minimum Gasteiger partial charge on any atom is -0.356 e. The number of hydrogen-bond donors (Lipinski definition) is 0. The Balaban J connectivity index is 1.38. The van der Waals surface area contributed by atoms with E-state index in [9.17, 15) is 9.59 Å². The molecule has 5 nitrogen and oxygen atoms in total. The number of amides is 2. The average Bonchev–Trinajstić information content (AvgIpc) is 3.20. The Morgan fingerprint density at radius 2 is 1.21 bits per heavy atom. The van der Waals surface area contributed by atoms with Gasteiger partial charge in [0.25, 0.3) is 11.8 Å². The van der Waals surface area contributed by atoms with Gasteiger partial charge in [-0.1, -0.05) is 42.5 Å². The van der Waals surface area contributed by atoms with Crippen molar-refractivity contribution in [2.45, 2.75) is 0 Å². The maximum absolute atomic E-state index is 12.8. The second-order valence-corrected chi connectivity index (χ2v) is 7.09. The van der Waals surface area contributed by atoms with Crippen LogP contribution in [0, 0.1) is 0 Å². The van der Waals surface area contributed by atoms with Gasteiger partial charge in [0.15, 0.2) is 0 Å². The van der Waals surface area contributed by atoms with Crippen molar-refractivity contribution in [2.75, 3.05) is 26.2 Å². The normalized spacial score (nSPS) is 14.2. The van der Waals surface area contributed by atoms with E-state index >= 15 is 0 Å². The van der Waals surface area contributed by atoms with E-state index in [4.69, 9.17) is 0 Å². The molecule has 28 heavy (non-hydrogen) atoms. The Hall–Kier alpha value is -3.34. The molecule has 5 heteroatoms. The summed E-state index contributed by atoms with van der Waals surface area (Å²) in [6, 6.07) is 19.7. The van der Waals surface area contributed by atoms with Gasteiger partial charge in [-0.3, -0.25) is 9.59 Å². The van der Waals surface area contributed by atoms with Crippen LogP contribution in [0.2, 0.25) is 0 Å². The zero-order chi connectivity index (χ0) is 19.5. The predicted molar refractivity (Wildman–Crippen MR) is 109 cm³/mol. The van der Waals surface area contributed by atoms with Gasteiger partial charge in [0.1, 0.15) is 0 Å². The first kappa shape index (κ1) is 18.0. The topological polar surface area (TPSA) is 45.6 Å². The van der Waals surface area contributed by atoms with Crippen LogP contribution in [0.25, 0.3) is 11.1 Å². The number of rotatable bonds is 3. The molecule has 0 radical (unpaired) electrons. The van der Waals surface area contributed by atoms with E-state index in [1.54, 1.807) is 0 Å². The summed E-state index contributed by atoms with van der Waals surface area (Å²) in [6.45, 7) is 2.22. The molecule has 142 valence electrons. The van der Waals surface area contributed by atoms with Gasteiger partial charge in [0.2, 0.25) is 0 Å². The second kappa shape index (κ2) is 7.72. The van der Waals surface area contributed by atoms with E-state index < -0.39 is 0 Å². The summed E-state index contributed by atoms with van der Waals surface area (Å²) < 4.78 is 1.87. The van der Waals surface area contributed by atoms with Gasteiger partial charge in [-0.25, -0.2) is 0 Å². The molecular formula is C23H23N3O2. The van der Waals surface area contributed by atoms with Crippen LogP contribution < -0.4 is 0 Å². The third kappa shape index (κ3) is 3.69. The Morgan fingerprint density at radius 1 is 0.679 bits per heavy atom. The highest BCUT2D eigenvalue weighted by Crippen LogP contribution is 2.20. The summed E-state index contributed by atoms with van der Waals surface area (Å²) in [5, 5.41) is 0. The van der Waals surface area contributed by atoms with Crippen molar-refractivity contribution in [3.05, 3.63) is 84.2 Å². The molecule has 2 amide bonds. The van der Waals surface area contributed by atoms with Gasteiger partial charge in [-0.15, -0.1) is 0 Å². The summed E-state index contributed by atoms with van der Waals surface area (Å²) in [5.74, 6) is 0.0475. The number of nitrogens with zero attached hydrogens (tertiary/aromatic N) is 3. The van der Waals surface area contributed by atoms with E-state index in [1.165, 1.54) is 0 Å². The molecule has 1 aromatic heterocycles. The van der Waals surface area contributed by atoms with E-state index in [-0.39, 0.29) is 11.8 Å². The summed E-state index contributed by atoms with van der Waals surface area (Å²) in [4.78, 5) is 29.0. The molecule has 2 heterocycles.